The Hall–Kier alpha value is -2.90. The molecule has 0 radical (unpaired) electrons. The maximum atomic E-state index is 13.8. The van der Waals surface area contributed by atoms with Crippen molar-refractivity contribution in [3.63, 3.8) is 0 Å². The molecule has 1 amide bonds. The van der Waals surface area contributed by atoms with E-state index in [4.69, 9.17) is 13.9 Å². The first kappa shape index (κ1) is 27.3. The van der Waals surface area contributed by atoms with Gasteiger partial charge < -0.3 is 23.9 Å². The number of ether oxygens (including phenoxy) is 2. The number of ketones is 1. The van der Waals surface area contributed by atoms with Crippen LogP contribution in [0.1, 0.15) is 98.4 Å². The molecule has 3 aliphatic carbocycles. The molecule has 5 unspecified atom stereocenters. The van der Waals surface area contributed by atoms with Crippen LogP contribution in [0.5, 0.6) is 0 Å². The first-order valence-corrected chi connectivity index (χ1v) is 14.9. The molecule has 2 aliphatic heterocycles. The van der Waals surface area contributed by atoms with Crippen LogP contribution >= 0.6 is 0 Å². The van der Waals surface area contributed by atoms with Crippen molar-refractivity contribution in [2.24, 2.45) is 5.41 Å². The van der Waals surface area contributed by atoms with Gasteiger partial charge in [-0.3, -0.25) is 4.79 Å². The summed E-state index contributed by atoms with van der Waals surface area (Å²) in [6.45, 7) is 6.27. The smallest absolute Gasteiger partial charge is 0.410 e. The van der Waals surface area contributed by atoms with E-state index in [0.717, 1.165) is 62.7 Å². The Kier molecular flexibility index (Phi) is 7.38. The molecular weight excluding hydrogens is 506 g/mol. The van der Waals surface area contributed by atoms with E-state index in [1.165, 1.54) is 11.8 Å². The van der Waals surface area contributed by atoms with Gasteiger partial charge in [0.15, 0.2) is 5.76 Å². The molecule has 1 N–H and O–H groups in total. The Bertz CT molecular complexity index is 1280. The van der Waals surface area contributed by atoms with Crippen LogP contribution in [0.4, 0.5) is 4.79 Å². The van der Waals surface area contributed by atoms with Gasteiger partial charge in [0.1, 0.15) is 5.60 Å². The molecule has 2 aromatic rings. The Morgan fingerprint density at radius 3 is 2.83 bits per heavy atom. The van der Waals surface area contributed by atoms with Gasteiger partial charge in [0.25, 0.3) is 0 Å². The molecule has 1 saturated carbocycles. The van der Waals surface area contributed by atoms with Crippen molar-refractivity contribution in [2.45, 2.75) is 95.4 Å². The molecule has 3 heterocycles. The van der Waals surface area contributed by atoms with Gasteiger partial charge in [0.05, 0.1) is 31.6 Å². The van der Waals surface area contributed by atoms with Crippen LogP contribution in [0.2, 0.25) is 0 Å². The first-order chi connectivity index (χ1) is 19.3. The van der Waals surface area contributed by atoms with Crippen molar-refractivity contribution < 1.29 is 28.6 Å². The fraction of sp³-hybridized carbons (Fsp3) is 0.576. The second kappa shape index (κ2) is 10.8. The summed E-state index contributed by atoms with van der Waals surface area (Å²) in [4.78, 5) is 28.9. The highest BCUT2D eigenvalue weighted by atomic mass is 16.6. The molecule has 2 bridgehead atoms. The summed E-state index contributed by atoms with van der Waals surface area (Å²) in [5.74, 6) is 0.182. The molecule has 1 aromatic carbocycles. The maximum absolute atomic E-state index is 13.8. The van der Waals surface area contributed by atoms with E-state index in [1.54, 1.807) is 12.1 Å². The second-order valence-electron chi connectivity index (χ2n) is 12.6. The van der Waals surface area contributed by atoms with Crippen LogP contribution < -0.4 is 0 Å². The molecule has 5 atom stereocenters. The Labute approximate surface area is 236 Å². The molecule has 1 spiro atoms. The van der Waals surface area contributed by atoms with E-state index < -0.39 is 11.7 Å². The lowest BCUT2D eigenvalue weighted by Crippen LogP contribution is -2.48. The zero-order valence-corrected chi connectivity index (χ0v) is 23.7. The Morgan fingerprint density at radius 1 is 1.18 bits per heavy atom. The number of benzene rings is 1. The number of fused-ring (bicyclic) bond motifs is 8. The summed E-state index contributed by atoms with van der Waals surface area (Å²) in [5, 5.41) is 10.8. The predicted octanol–water partition coefficient (Wildman–Crippen LogP) is 6.19. The molecule has 7 heteroatoms. The summed E-state index contributed by atoms with van der Waals surface area (Å²) in [7, 11) is 0. The number of carbonyl (C=O) groups is 2. The summed E-state index contributed by atoms with van der Waals surface area (Å²) in [6, 6.07) is 9.52. The SMILES string of the molecule is CC1=CCCC2(C)C(CCC23CN(CC2CCCO2)C(=O)O3)c2ccc(cc2C(=O)c2ccco2)CC(O)CC1. The molecule has 214 valence electrons. The van der Waals surface area contributed by atoms with E-state index in [-0.39, 0.29) is 29.3 Å². The Balaban J connectivity index is 1.41. The molecular formula is C33H41NO6. The zero-order valence-electron chi connectivity index (χ0n) is 23.7. The van der Waals surface area contributed by atoms with Gasteiger partial charge in [-0.2, -0.15) is 0 Å². The van der Waals surface area contributed by atoms with E-state index in [0.29, 0.717) is 37.3 Å². The van der Waals surface area contributed by atoms with Crippen molar-refractivity contribution in [2.75, 3.05) is 19.7 Å². The number of aliphatic hydroxyl groups is 1. The summed E-state index contributed by atoms with van der Waals surface area (Å²) in [6.07, 6.45) is 10.4. The van der Waals surface area contributed by atoms with Crippen molar-refractivity contribution in [1.82, 2.24) is 4.90 Å². The van der Waals surface area contributed by atoms with Gasteiger partial charge in [0, 0.05) is 17.6 Å². The standard InChI is InChI=1S/C33H41NO6/c1-22-6-3-14-32(2)28(13-15-33(32)21-34(31(37)40-33)20-25-7-4-16-38-25)26-12-10-23(18-24(35)11-9-22)19-27(26)30(36)29-8-5-17-39-29/h5-6,8,10,12,17,19,24-25,28,35H,3-4,7,9,11,13-16,18,20-21H2,1-2H3. The monoisotopic (exact) mass is 547 g/mol. The van der Waals surface area contributed by atoms with E-state index >= 15 is 0 Å². The molecule has 3 fully saturated rings. The lowest BCUT2D eigenvalue weighted by molar-refractivity contribution is -0.0374. The van der Waals surface area contributed by atoms with Crippen LogP contribution in [-0.4, -0.2) is 59.4 Å². The summed E-state index contributed by atoms with van der Waals surface area (Å²) in [5.41, 5.74) is 2.80. The lowest BCUT2D eigenvalue weighted by Gasteiger charge is -2.43. The minimum atomic E-state index is -0.633. The number of rotatable bonds is 4. The van der Waals surface area contributed by atoms with E-state index in [2.05, 4.69) is 32.1 Å². The highest BCUT2D eigenvalue weighted by Gasteiger charge is 2.64. The predicted molar refractivity (Wildman–Crippen MR) is 150 cm³/mol. The molecule has 5 aliphatic rings. The maximum Gasteiger partial charge on any atom is 0.410 e. The van der Waals surface area contributed by atoms with Crippen molar-refractivity contribution in [3.05, 3.63) is 70.7 Å². The molecule has 1 aromatic heterocycles. The van der Waals surface area contributed by atoms with Crippen LogP contribution in [0, 0.1) is 5.41 Å². The zero-order chi connectivity index (χ0) is 27.9. The Morgan fingerprint density at radius 2 is 2.05 bits per heavy atom. The van der Waals surface area contributed by atoms with E-state index in [9.17, 15) is 14.7 Å². The number of hydrogen-bond acceptors (Lipinski definition) is 6. The van der Waals surface area contributed by atoms with Crippen molar-refractivity contribution >= 4 is 11.9 Å². The third kappa shape index (κ3) is 4.92. The van der Waals surface area contributed by atoms with Gasteiger partial charge in [0.2, 0.25) is 5.78 Å². The number of furan rings is 1. The number of carbonyl (C=O) groups excluding carboxylic acids is 2. The van der Waals surface area contributed by atoms with E-state index in [1.807, 2.05) is 11.0 Å². The van der Waals surface area contributed by atoms with Crippen LogP contribution in [0.25, 0.3) is 0 Å². The molecule has 2 saturated heterocycles. The summed E-state index contributed by atoms with van der Waals surface area (Å²) >= 11 is 0. The highest BCUT2D eigenvalue weighted by Crippen LogP contribution is 2.61. The first-order valence-electron chi connectivity index (χ1n) is 14.9. The van der Waals surface area contributed by atoms with Gasteiger partial charge in [-0.05, 0) is 100.0 Å². The van der Waals surface area contributed by atoms with Gasteiger partial charge >= 0.3 is 6.09 Å². The summed E-state index contributed by atoms with van der Waals surface area (Å²) < 4.78 is 17.8. The number of hydrogen-bond donors (Lipinski definition) is 1. The largest absolute Gasteiger partial charge is 0.461 e. The van der Waals surface area contributed by atoms with Crippen LogP contribution in [0.3, 0.4) is 0 Å². The normalized spacial score (nSPS) is 32.7. The molecule has 40 heavy (non-hydrogen) atoms. The molecule has 7 nitrogen and oxygen atoms in total. The second-order valence-corrected chi connectivity index (χ2v) is 12.6. The highest BCUT2D eigenvalue weighted by molar-refractivity contribution is 6.08. The van der Waals surface area contributed by atoms with Crippen molar-refractivity contribution in [1.29, 1.82) is 0 Å². The number of nitrogens with zero attached hydrogens (tertiary/aromatic N) is 1. The third-order valence-electron chi connectivity index (χ3n) is 10.1. The fourth-order valence-corrected chi connectivity index (χ4v) is 7.70. The minimum Gasteiger partial charge on any atom is -0.461 e. The van der Waals surface area contributed by atoms with Crippen LogP contribution in [0.15, 0.2) is 52.7 Å². The van der Waals surface area contributed by atoms with Crippen molar-refractivity contribution in [3.8, 4) is 0 Å². The van der Waals surface area contributed by atoms with Gasteiger partial charge in [-0.25, -0.2) is 4.79 Å². The molecule has 7 rings (SSSR count). The average molecular weight is 548 g/mol. The topological polar surface area (TPSA) is 89.2 Å². The minimum absolute atomic E-state index is 0.0208. The number of aliphatic hydroxyl groups excluding tert-OH is 1. The van der Waals surface area contributed by atoms with Crippen LogP contribution in [-0.2, 0) is 15.9 Å². The fourth-order valence-electron chi connectivity index (χ4n) is 7.70. The number of allylic oxidation sites excluding steroid dienone is 2. The number of amides is 1. The lowest BCUT2D eigenvalue weighted by atomic mass is 9.65. The average Bonchev–Trinajstić information content (AvgIpc) is 3.73. The third-order valence-corrected chi connectivity index (χ3v) is 10.1. The quantitative estimate of drug-likeness (QED) is 0.363. The van der Waals surface area contributed by atoms with Gasteiger partial charge in [-0.1, -0.05) is 30.7 Å². The van der Waals surface area contributed by atoms with Gasteiger partial charge in [-0.15, -0.1) is 0 Å².